The monoisotopic (exact) mass is 601 g/mol. The van der Waals surface area contributed by atoms with Crippen molar-refractivity contribution in [2.45, 2.75) is 25.9 Å². The van der Waals surface area contributed by atoms with E-state index in [1.165, 1.54) is 11.1 Å². The van der Waals surface area contributed by atoms with Gasteiger partial charge in [-0.05, 0) is 59.9 Å². The highest BCUT2D eigenvalue weighted by Crippen LogP contribution is 2.34. The molecule has 1 aliphatic rings. The molecule has 5 nitrogen and oxygen atoms in total. The van der Waals surface area contributed by atoms with Gasteiger partial charge in [-0.3, -0.25) is 0 Å². The molecule has 0 bridgehead atoms. The molecule has 0 saturated carbocycles. The second kappa shape index (κ2) is 12.0. The normalized spacial score (nSPS) is 13.2. The smallest absolute Gasteiger partial charge is 0.173 e. The predicted octanol–water partition coefficient (Wildman–Crippen LogP) is 7.87. The molecule has 0 amide bonds. The van der Waals surface area contributed by atoms with Crippen molar-refractivity contribution in [2.75, 3.05) is 0 Å². The minimum Gasteiger partial charge on any atom is -0.201 e. The number of nitrogens with zero attached hydrogens (tertiary/aromatic N) is 5. The first-order valence-electron chi connectivity index (χ1n) is 14.3. The second-order valence-corrected chi connectivity index (χ2v) is 11.7. The molecular weight excluding hydrogens is 573 g/mol. The fourth-order valence-corrected chi connectivity index (χ4v) is 5.73. The first-order chi connectivity index (χ1) is 21.1. The van der Waals surface area contributed by atoms with Crippen molar-refractivity contribution in [2.24, 2.45) is 0 Å². The highest BCUT2D eigenvalue weighted by molar-refractivity contribution is 6.30. The lowest BCUT2D eigenvalue weighted by Gasteiger charge is -2.09. The van der Waals surface area contributed by atoms with Crippen LogP contribution in [0.5, 0.6) is 0 Å². The Hall–Kier alpha value is -4.58. The van der Waals surface area contributed by atoms with Crippen LogP contribution in [0.25, 0.3) is 39.0 Å². The van der Waals surface area contributed by atoms with E-state index in [0.717, 1.165) is 75.0 Å². The van der Waals surface area contributed by atoms with E-state index in [-0.39, 0.29) is 0 Å². The summed E-state index contributed by atoms with van der Waals surface area (Å²) in [7, 11) is 0. The lowest BCUT2D eigenvalue weighted by Crippen LogP contribution is -2.33. The largest absolute Gasteiger partial charge is 0.201 e. The zero-order chi connectivity index (χ0) is 29.2. The lowest BCUT2D eigenvalue weighted by molar-refractivity contribution is -0.689. The van der Waals surface area contributed by atoms with Gasteiger partial charge in [0.15, 0.2) is 37.9 Å². The summed E-state index contributed by atoms with van der Waals surface area (Å²) in [6.45, 7) is 1.62. The molecule has 0 N–H and O–H groups in total. The van der Waals surface area contributed by atoms with Gasteiger partial charge in [0.05, 0.1) is 5.69 Å². The third kappa shape index (κ3) is 6.00. The highest BCUT2D eigenvalue weighted by Gasteiger charge is 2.18. The number of hydrogen-bond acceptors (Lipinski definition) is 2. The SMILES string of the molecule is ClC1=CC=C(C[n+]2ccc(-c3ccc(-c4cc[n+](Cc5ccc(Cl)cc5)cc4)c4nn(-c5ccccc5)nc34)cc2)CC1. The first kappa shape index (κ1) is 27.3. The van der Waals surface area contributed by atoms with Gasteiger partial charge in [-0.2, -0.15) is 4.80 Å². The van der Waals surface area contributed by atoms with E-state index in [2.05, 4.69) is 88.5 Å². The van der Waals surface area contributed by atoms with Crippen molar-refractivity contribution >= 4 is 34.2 Å². The number of rotatable bonds is 7. The summed E-state index contributed by atoms with van der Waals surface area (Å²) in [5, 5.41) is 11.7. The van der Waals surface area contributed by atoms with E-state index in [1.807, 2.05) is 48.5 Å². The fraction of sp³-hybridized carbons (Fsp3) is 0.111. The summed E-state index contributed by atoms with van der Waals surface area (Å²) in [6, 6.07) is 30.9. The molecule has 1 aliphatic carbocycles. The maximum atomic E-state index is 6.15. The maximum Gasteiger partial charge on any atom is 0.173 e. The Balaban J connectivity index is 1.23. The fourth-order valence-electron chi connectivity index (χ4n) is 5.44. The van der Waals surface area contributed by atoms with Crippen LogP contribution in [0.1, 0.15) is 18.4 Å². The van der Waals surface area contributed by atoms with Crippen molar-refractivity contribution in [3.63, 3.8) is 0 Å². The Bertz CT molecular complexity index is 1960. The molecule has 43 heavy (non-hydrogen) atoms. The molecule has 0 saturated heterocycles. The number of allylic oxidation sites excluding steroid dienone is 4. The van der Waals surface area contributed by atoms with Gasteiger partial charge in [-0.1, -0.05) is 71.7 Å². The Morgan fingerprint density at radius 2 is 1.19 bits per heavy atom. The van der Waals surface area contributed by atoms with Gasteiger partial charge < -0.3 is 0 Å². The molecule has 210 valence electrons. The molecule has 3 aromatic carbocycles. The topological polar surface area (TPSA) is 38.5 Å². The molecule has 3 heterocycles. The van der Waals surface area contributed by atoms with Crippen molar-refractivity contribution in [3.8, 4) is 27.9 Å². The second-order valence-electron chi connectivity index (χ2n) is 10.8. The number of pyridine rings is 2. The van der Waals surface area contributed by atoms with Crippen LogP contribution in [-0.4, -0.2) is 15.0 Å². The van der Waals surface area contributed by atoms with Crippen molar-refractivity contribution in [1.82, 2.24) is 15.0 Å². The van der Waals surface area contributed by atoms with Gasteiger partial charge >= 0.3 is 0 Å². The van der Waals surface area contributed by atoms with Gasteiger partial charge in [0.1, 0.15) is 11.0 Å². The number of para-hydroxylation sites is 1. The van der Waals surface area contributed by atoms with Crippen LogP contribution < -0.4 is 9.13 Å². The molecule has 0 aliphatic heterocycles. The molecule has 0 unspecified atom stereocenters. The molecule has 0 spiro atoms. The van der Waals surface area contributed by atoms with Gasteiger partial charge in [0.2, 0.25) is 0 Å². The summed E-state index contributed by atoms with van der Waals surface area (Å²) < 4.78 is 4.37. The minimum atomic E-state index is 0.746. The van der Waals surface area contributed by atoms with E-state index in [9.17, 15) is 0 Å². The molecular formula is C36H29Cl2N5+2. The zero-order valence-corrected chi connectivity index (χ0v) is 25.0. The van der Waals surface area contributed by atoms with E-state index < -0.39 is 0 Å². The number of hydrogen-bond donors (Lipinski definition) is 0. The van der Waals surface area contributed by atoms with Crippen LogP contribution in [0.15, 0.2) is 139 Å². The summed E-state index contributed by atoms with van der Waals surface area (Å²) in [4.78, 5) is 1.73. The average molecular weight is 603 g/mol. The van der Waals surface area contributed by atoms with E-state index >= 15 is 0 Å². The summed E-state index contributed by atoms with van der Waals surface area (Å²) >= 11 is 12.2. The van der Waals surface area contributed by atoms with Gasteiger partial charge in [0, 0.05) is 51.0 Å². The van der Waals surface area contributed by atoms with E-state index in [0.29, 0.717) is 0 Å². The molecule has 6 aromatic rings. The third-order valence-electron chi connectivity index (χ3n) is 7.78. The Morgan fingerprint density at radius 3 is 1.74 bits per heavy atom. The van der Waals surface area contributed by atoms with Crippen LogP contribution in [0.2, 0.25) is 5.02 Å². The number of benzene rings is 3. The van der Waals surface area contributed by atoms with Crippen LogP contribution in [0, 0.1) is 0 Å². The molecule has 3 aromatic heterocycles. The van der Waals surface area contributed by atoms with Crippen LogP contribution in [0.3, 0.4) is 0 Å². The predicted molar refractivity (Wildman–Crippen MR) is 172 cm³/mol. The number of fused-ring (bicyclic) bond motifs is 1. The van der Waals surface area contributed by atoms with Crippen LogP contribution in [-0.2, 0) is 13.1 Å². The highest BCUT2D eigenvalue weighted by atomic mass is 35.5. The molecule has 0 atom stereocenters. The van der Waals surface area contributed by atoms with Crippen molar-refractivity contribution < 1.29 is 9.13 Å². The van der Waals surface area contributed by atoms with Crippen molar-refractivity contribution in [1.29, 1.82) is 0 Å². The van der Waals surface area contributed by atoms with Crippen LogP contribution >= 0.6 is 23.2 Å². The minimum absolute atomic E-state index is 0.746. The van der Waals surface area contributed by atoms with Gasteiger partial charge in [0.25, 0.3) is 0 Å². The number of aromatic nitrogens is 5. The quantitative estimate of drug-likeness (QED) is 0.175. The van der Waals surface area contributed by atoms with Gasteiger partial charge in [-0.15, -0.1) is 10.2 Å². The summed E-state index contributed by atoms with van der Waals surface area (Å²) in [5.41, 5.74) is 9.50. The maximum absolute atomic E-state index is 6.15. The first-order valence-corrected chi connectivity index (χ1v) is 15.1. The lowest BCUT2D eigenvalue weighted by atomic mass is 9.99. The average Bonchev–Trinajstić information content (AvgIpc) is 3.50. The Morgan fingerprint density at radius 1 is 0.605 bits per heavy atom. The zero-order valence-electron chi connectivity index (χ0n) is 23.4. The summed E-state index contributed by atoms with van der Waals surface area (Å²) in [6.07, 6.45) is 14.5. The van der Waals surface area contributed by atoms with Crippen molar-refractivity contribution in [3.05, 3.63) is 149 Å². The van der Waals surface area contributed by atoms with E-state index in [1.54, 1.807) is 4.80 Å². The molecule has 0 radical (unpaired) electrons. The third-order valence-corrected chi connectivity index (χ3v) is 8.35. The molecule has 7 rings (SSSR count). The standard InChI is InChI=1S/C36H29Cl2N5/c37-30-10-6-26(7-11-30)24-41-20-16-28(17-21-41)33-14-15-34(36-35(33)39-43(40-36)32-4-2-1-3-5-32)29-18-22-42(23-19-29)25-27-8-12-31(38)13-9-27/h1-8,10-12,14-23H,9,13,24-25H2/q+2. The Kier molecular flexibility index (Phi) is 7.58. The van der Waals surface area contributed by atoms with Gasteiger partial charge in [-0.25, -0.2) is 9.13 Å². The Labute approximate surface area is 260 Å². The summed E-state index contributed by atoms with van der Waals surface area (Å²) in [5.74, 6) is 0. The molecule has 7 heteroatoms. The van der Waals surface area contributed by atoms with Crippen LogP contribution in [0.4, 0.5) is 0 Å². The molecule has 0 fully saturated rings. The number of halogens is 2. The van der Waals surface area contributed by atoms with E-state index in [4.69, 9.17) is 33.4 Å².